The maximum absolute atomic E-state index is 9.22. The Kier molecular flexibility index (Phi) is 6.68. The van der Waals surface area contributed by atoms with Crippen molar-refractivity contribution in [2.75, 3.05) is 6.54 Å². The molecule has 0 aliphatic carbocycles. The maximum Gasteiger partial charge on any atom is 0.198 e. The second-order valence-electron chi connectivity index (χ2n) is 5.17. The molecule has 0 aromatic carbocycles. The summed E-state index contributed by atoms with van der Waals surface area (Å²) in [5.41, 5.74) is 0. The van der Waals surface area contributed by atoms with Gasteiger partial charge >= 0.3 is 0 Å². The van der Waals surface area contributed by atoms with Crippen molar-refractivity contribution in [1.82, 2.24) is 19.2 Å². The van der Waals surface area contributed by atoms with E-state index in [9.17, 15) is 5.11 Å². The van der Waals surface area contributed by atoms with E-state index in [0.717, 1.165) is 6.54 Å². The minimum Gasteiger partial charge on any atom is -0.388 e. The van der Waals surface area contributed by atoms with Crippen LogP contribution in [0.4, 0.5) is 0 Å². The summed E-state index contributed by atoms with van der Waals surface area (Å²) >= 11 is 5.35. The van der Waals surface area contributed by atoms with E-state index in [0.29, 0.717) is 23.3 Å². The highest BCUT2D eigenvalue weighted by atomic mass is 32.1. The van der Waals surface area contributed by atoms with Gasteiger partial charge in [-0.2, -0.15) is 5.10 Å². The number of rotatable bonds is 8. The van der Waals surface area contributed by atoms with Crippen LogP contribution in [0, 0.1) is 4.77 Å². The number of aromatic nitrogens is 3. The molecule has 0 saturated carbocycles. The minimum absolute atomic E-state index is 0.0787. The van der Waals surface area contributed by atoms with E-state index in [1.165, 1.54) is 19.3 Å². The molecule has 0 fully saturated rings. The summed E-state index contributed by atoms with van der Waals surface area (Å²) in [7, 11) is 1.84. The predicted octanol–water partition coefficient (Wildman–Crippen LogP) is 2.30. The van der Waals surface area contributed by atoms with Gasteiger partial charge in [0.1, 0.15) is 6.61 Å². The van der Waals surface area contributed by atoms with Crippen molar-refractivity contribution in [3.8, 4) is 0 Å². The third-order valence-electron chi connectivity index (χ3n) is 3.37. The van der Waals surface area contributed by atoms with Crippen LogP contribution in [0.25, 0.3) is 0 Å². The maximum atomic E-state index is 9.22. The van der Waals surface area contributed by atoms with Crippen molar-refractivity contribution >= 4 is 12.2 Å². The van der Waals surface area contributed by atoms with Crippen molar-refractivity contribution in [3.63, 3.8) is 0 Å². The van der Waals surface area contributed by atoms with Crippen LogP contribution in [0.3, 0.4) is 0 Å². The largest absolute Gasteiger partial charge is 0.388 e. The van der Waals surface area contributed by atoms with Crippen LogP contribution in [0.15, 0.2) is 0 Å². The zero-order chi connectivity index (χ0) is 14.4. The first-order valence-electron chi connectivity index (χ1n) is 6.98. The van der Waals surface area contributed by atoms with Crippen LogP contribution in [-0.2, 0) is 20.3 Å². The van der Waals surface area contributed by atoms with E-state index in [1.807, 2.05) is 7.05 Å². The van der Waals surface area contributed by atoms with Gasteiger partial charge in [-0.25, -0.2) is 4.68 Å². The Morgan fingerprint density at radius 1 is 1.37 bits per heavy atom. The molecule has 1 aromatic rings. The number of nitrogens with zero attached hydrogens (tertiary/aromatic N) is 4. The van der Waals surface area contributed by atoms with Crippen molar-refractivity contribution in [2.45, 2.75) is 59.4 Å². The summed E-state index contributed by atoms with van der Waals surface area (Å²) in [5, 5.41) is 13.6. The molecule has 1 heterocycles. The molecule has 6 heteroatoms. The fourth-order valence-corrected chi connectivity index (χ4v) is 2.20. The predicted molar refractivity (Wildman–Crippen MR) is 79.3 cm³/mol. The van der Waals surface area contributed by atoms with Crippen molar-refractivity contribution < 1.29 is 5.11 Å². The summed E-state index contributed by atoms with van der Waals surface area (Å²) in [6.07, 6.45) is 3.67. The molecule has 0 saturated heterocycles. The fraction of sp³-hybridized carbons (Fsp3) is 0.846. The SMILES string of the molecule is CCCCCN(Cn1nc(CO)n(C)c1=S)C(C)C. The van der Waals surface area contributed by atoms with E-state index in [2.05, 4.69) is 30.8 Å². The van der Waals surface area contributed by atoms with Gasteiger partial charge in [0, 0.05) is 19.6 Å². The molecule has 110 valence electrons. The van der Waals surface area contributed by atoms with E-state index < -0.39 is 0 Å². The molecule has 0 aliphatic heterocycles. The Bertz CT molecular complexity index is 438. The highest BCUT2D eigenvalue weighted by molar-refractivity contribution is 7.71. The third kappa shape index (κ3) is 4.40. The molecule has 5 nitrogen and oxygen atoms in total. The lowest BCUT2D eigenvalue weighted by Crippen LogP contribution is -2.34. The quantitative estimate of drug-likeness (QED) is 0.588. The van der Waals surface area contributed by atoms with E-state index in [-0.39, 0.29) is 6.61 Å². The number of hydrogen-bond acceptors (Lipinski definition) is 4. The Morgan fingerprint density at radius 2 is 2.05 bits per heavy atom. The normalized spacial score (nSPS) is 11.7. The van der Waals surface area contributed by atoms with Crippen molar-refractivity contribution in [2.24, 2.45) is 7.05 Å². The lowest BCUT2D eigenvalue weighted by molar-refractivity contribution is 0.158. The lowest BCUT2D eigenvalue weighted by atomic mass is 10.2. The lowest BCUT2D eigenvalue weighted by Gasteiger charge is -2.26. The number of hydrogen-bond donors (Lipinski definition) is 1. The highest BCUT2D eigenvalue weighted by Crippen LogP contribution is 2.07. The average Bonchev–Trinajstić information content (AvgIpc) is 2.65. The van der Waals surface area contributed by atoms with Crippen LogP contribution >= 0.6 is 12.2 Å². The summed E-state index contributed by atoms with van der Waals surface area (Å²) in [6, 6.07) is 0.457. The van der Waals surface area contributed by atoms with Gasteiger partial charge in [0.2, 0.25) is 0 Å². The molecule has 1 N–H and O–H groups in total. The average molecular weight is 286 g/mol. The van der Waals surface area contributed by atoms with E-state index in [1.54, 1.807) is 9.25 Å². The van der Waals surface area contributed by atoms with E-state index in [4.69, 9.17) is 12.2 Å². The first-order valence-corrected chi connectivity index (χ1v) is 7.39. The first kappa shape index (κ1) is 16.3. The second-order valence-corrected chi connectivity index (χ2v) is 5.54. The molecule has 0 amide bonds. The molecule has 19 heavy (non-hydrogen) atoms. The monoisotopic (exact) mass is 286 g/mol. The summed E-state index contributed by atoms with van der Waals surface area (Å²) in [4.78, 5) is 2.36. The standard InChI is InChI=1S/C13H26N4OS/c1-5-6-7-8-16(11(2)3)10-17-13(19)15(4)12(9-18)14-17/h11,18H,5-10H2,1-4H3. The second kappa shape index (κ2) is 7.77. The summed E-state index contributed by atoms with van der Waals surface area (Å²) in [5.74, 6) is 0.613. The highest BCUT2D eigenvalue weighted by Gasteiger charge is 2.13. The number of aliphatic hydroxyl groups is 1. The number of aliphatic hydroxyl groups excluding tert-OH is 1. The van der Waals surface area contributed by atoms with Crippen LogP contribution < -0.4 is 0 Å². The van der Waals surface area contributed by atoms with Gasteiger partial charge in [-0.15, -0.1) is 0 Å². The Hall–Kier alpha value is -0.720. The Morgan fingerprint density at radius 3 is 2.53 bits per heavy atom. The van der Waals surface area contributed by atoms with Crippen LogP contribution in [-0.4, -0.2) is 36.9 Å². The molecular formula is C13H26N4OS. The van der Waals surface area contributed by atoms with Gasteiger partial charge < -0.3 is 9.67 Å². The molecule has 0 spiro atoms. The van der Waals surface area contributed by atoms with Gasteiger partial charge in [-0.3, -0.25) is 4.90 Å². The van der Waals surface area contributed by atoms with Gasteiger partial charge in [-0.1, -0.05) is 19.8 Å². The van der Waals surface area contributed by atoms with Gasteiger partial charge in [0.25, 0.3) is 0 Å². The summed E-state index contributed by atoms with van der Waals surface area (Å²) in [6.45, 7) is 8.25. The molecule has 1 rings (SSSR count). The Labute approximate surface area is 120 Å². The molecule has 1 aromatic heterocycles. The summed E-state index contributed by atoms with van der Waals surface area (Å²) < 4.78 is 4.22. The van der Waals surface area contributed by atoms with Gasteiger partial charge in [-0.05, 0) is 32.5 Å². The Balaban J connectivity index is 2.76. The zero-order valence-electron chi connectivity index (χ0n) is 12.5. The number of unbranched alkanes of at least 4 members (excludes halogenated alkanes) is 2. The molecule has 0 aliphatic rings. The van der Waals surface area contributed by atoms with Crippen molar-refractivity contribution in [3.05, 3.63) is 10.6 Å². The zero-order valence-corrected chi connectivity index (χ0v) is 13.3. The van der Waals surface area contributed by atoms with Crippen LogP contribution in [0.5, 0.6) is 0 Å². The van der Waals surface area contributed by atoms with E-state index >= 15 is 0 Å². The molecule has 0 unspecified atom stereocenters. The van der Waals surface area contributed by atoms with Gasteiger partial charge in [0.05, 0.1) is 6.67 Å². The molecule has 0 radical (unpaired) electrons. The van der Waals surface area contributed by atoms with Crippen LogP contribution in [0.2, 0.25) is 0 Å². The minimum atomic E-state index is -0.0787. The molecular weight excluding hydrogens is 260 g/mol. The topological polar surface area (TPSA) is 46.2 Å². The van der Waals surface area contributed by atoms with Crippen LogP contribution in [0.1, 0.15) is 45.9 Å². The third-order valence-corrected chi connectivity index (χ3v) is 3.85. The van der Waals surface area contributed by atoms with Gasteiger partial charge in [0.15, 0.2) is 10.6 Å². The molecule has 0 bridgehead atoms. The first-order chi connectivity index (χ1) is 9.01. The van der Waals surface area contributed by atoms with Crippen molar-refractivity contribution in [1.29, 1.82) is 0 Å². The fourth-order valence-electron chi connectivity index (χ4n) is 1.99. The smallest absolute Gasteiger partial charge is 0.198 e. The molecule has 0 atom stereocenters.